The molecular weight excluding hydrogens is 270 g/mol. The van der Waals surface area contributed by atoms with Gasteiger partial charge in [0.2, 0.25) is 0 Å². The Kier molecular flexibility index (Phi) is 6.18. The summed E-state index contributed by atoms with van der Waals surface area (Å²) in [5.41, 5.74) is 1.07. The molecule has 112 valence electrons. The van der Waals surface area contributed by atoms with Crippen LogP contribution in [0, 0.1) is 5.92 Å². The molecule has 0 heterocycles. The fourth-order valence-corrected chi connectivity index (χ4v) is 3.38. The number of benzene rings is 1. The van der Waals surface area contributed by atoms with Crippen molar-refractivity contribution in [3.05, 3.63) is 28.8 Å². The molecule has 1 atom stereocenters. The van der Waals surface area contributed by atoms with Crippen LogP contribution in [0.2, 0.25) is 5.02 Å². The van der Waals surface area contributed by atoms with Crippen LogP contribution in [0.4, 0.5) is 0 Å². The monoisotopic (exact) mass is 295 g/mol. The highest BCUT2D eigenvalue weighted by molar-refractivity contribution is 6.31. The van der Waals surface area contributed by atoms with E-state index in [9.17, 15) is 0 Å². The fourth-order valence-electron chi connectivity index (χ4n) is 3.14. The maximum absolute atomic E-state index is 6.28. The molecule has 0 spiro atoms. The molecule has 0 amide bonds. The van der Waals surface area contributed by atoms with E-state index >= 15 is 0 Å². The van der Waals surface area contributed by atoms with Gasteiger partial charge in [-0.1, -0.05) is 43.4 Å². The zero-order valence-electron chi connectivity index (χ0n) is 12.6. The van der Waals surface area contributed by atoms with Crippen molar-refractivity contribution in [1.29, 1.82) is 0 Å². The molecule has 3 heteroatoms. The number of rotatable bonds is 5. The van der Waals surface area contributed by atoms with E-state index in [1.54, 1.807) is 7.11 Å². The van der Waals surface area contributed by atoms with Gasteiger partial charge in [-0.2, -0.15) is 0 Å². The number of hydrogen-bond acceptors (Lipinski definition) is 2. The van der Waals surface area contributed by atoms with Crippen LogP contribution in [0.25, 0.3) is 0 Å². The third-order valence-electron chi connectivity index (χ3n) is 4.50. The second-order valence-electron chi connectivity index (χ2n) is 5.84. The topological polar surface area (TPSA) is 21.3 Å². The number of halogens is 1. The molecule has 0 radical (unpaired) electrons. The lowest BCUT2D eigenvalue weighted by Crippen LogP contribution is -2.33. The van der Waals surface area contributed by atoms with Crippen molar-refractivity contribution < 1.29 is 4.74 Å². The van der Waals surface area contributed by atoms with Gasteiger partial charge in [0.1, 0.15) is 5.75 Å². The number of nitrogens with one attached hydrogen (secondary N) is 1. The summed E-state index contributed by atoms with van der Waals surface area (Å²) in [5.74, 6) is 1.67. The Balaban J connectivity index is 1.94. The Bertz CT molecular complexity index is 413. The van der Waals surface area contributed by atoms with Crippen LogP contribution in [0.15, 0.2) is 18.2 Å². The zero-order valence-corrected chi connectivity index (χ0v) is 13.4. The molecule has 20 heavy (non-hydrogen) atoms. The molecule has 1 saturated carbocycles. The van der Waals surface area contributed by atoms with Gasteiger partial charge in [0.25, 0.3) is 0 Å². The lowest BCUT2D eigenvalue weighted by atomic mass is 9.93. The number of ether oxygens (including phenoxy) is 1. The Labute approximate surface area is 127 Å². The minimum atomic E-state index is 0.536. The van der Waals surface area contributed by atoms with E-state index in [0.29, 0.717) is 6.04 Å². The highest BCUT2D eigenvalue weighted by Crippen LogP contribution is 2.28. The highest BCUT2D eigenvalue weighted by atomic mass is 35.5. The van der Waals surface area contributed by atoms with E-state index in [-0.39, 0.29) is 0 Å². The maximum atomic E-state index is 6.28. The van der Waals surface area contributed by atoms with Crippen LogP contribution in [0.5, 0.6) is 5.75 Å². The van der Waals surface area contributed by atoms with Crippen molar-refractivity contribution in [2.45, 2.75) is 58.0 Å². The summed E-state index contributed by atoms with van der Waals surface area (Å²) >= 11 is 6.28. The molecule has 1 aromatic carbocycles. The molecule has 0 aliphatic heterocycles. The molecule has 0 bridgehead atoms. The van der Waals surface area contributed by atoms with Crippen molar-refractivity contribution in [1.82, 2.24) is 5.32 Å². The van der Waals surface area contributed by atoms with Gasteiger partial charge in [-0.3, -0.25) is 0 Å². The van der Waals surface area contributed by atoms with Gasteiger partial charge in [0.15, 0.2) is 0 Å². The molecule has 1 aliphatic carbocycles. The van der Waals surface area contributed by atoms with Gasteiger partial charge >= 0.3 is 0 Å². The zero-order chi connectivity index (χ0) is 14.4. The van der Waals surface area contributed by atoms with E-state index < -0.39 is 0 Å². The normalized spacial score (nSPS) is 18.6. The standard InChI is InChI=1S/C17H26ClNO/c1-13(14-8-5-3-4-6-9-14)19-12-15-16(18)10-7-11-17(15)20-2/h7,10-11,13-14,19H,3-6,8-9,12H2,1-2H3/t13-/m1/s1. The third-order valence-corrected chi connectivity index (χ3v) is 4.86. The number of methoxy groups -OCH3 is 1. The molecule has 2 rings (SSSR count). The first-order chi connectivity index (χ1) is 9.72. The molecule has 0 unspecified atom stereocenters. The fraction of sp³-hybridized carbons (Fsp3) is 0.647. The van der Waals surface area contributed by atoms with Gasteiger partial charge in [-0.15, -0.1) is 0 Å². The van der Waals surface area contributed by atoms with Crippen molar-refractivity contribution in [2.24, 2.45) is 5.92 Å². The van der Waals surface area contributed by atoms with Crippen LogP contribution in [-0.4, -0.2) is 13.2 Å². The van der Waals surface area contributed by atoms with Crippen molar-refractivity contribution in [2.75, 3.05) is 7.11 Å². The lowest BCUT2D eigenvalue weighted by molar-refractivity contribution is 0.333. The van der Waals surface area contributed by atoms with Crippen LogP contribution >= 0.6 is 11.6 Å². The third kappa shape index (κ3) is 4.13. The van der Waals surface area contributed by atoms with Crippen LogP contribution in [-0.2, 0) is 6.54 Å². The summed E-state index contributed by atoms with van der Waals surface area (Å²) in [6.45, 7) is 3.08. The minimum absolute atomic E-state index is 0.536. The largest absolute Gasteiger partial charge is 0.496 e. The Morgan fingerprint density at radius 3 is 2.60 bits per heavy atom. The summed E-state index contributed by atoms with van der Waals surface area (Å²) in [6.07, 6.45) is 8.28. The van der Waals surface area contributed by atoms with Gasteiger partial charge in [0.05, 0.1) is 7.11 Å². The van der Waals surface area contributed by atoms with Gasteiger partial charge < -0.3 is 10.1 Å². The van der Waals surface area contributed by atoms with Crippen LogP contribution in [0.1, 0.15) is 51.0 Å². The quantitative estimate of drug-likeness (QED) is 0.788. The van der Waals surface area contributed by atoms with Gasteiger partial charge in [-0.25, -0.2) is 0 Å². The second kappa shape index (κ2) is 7.90. The second-order valence-corrected chi connectivity index (χ2v) is 6.25. The predicted octanol–water partition coefficient (Wildman–Crippen LogP) is 4.80. The molecule has 0 saturated heterocycles. The molecule has 1 aliphatic rings. The summed E-state index contributed by atoms with van der Waals surface area (Å²) in [4.78, 5) is 0. The Morgan fingerprint density at radius 2 is 1.95 bits per heavy atom. The van der Waals surface area contributed by atoms with E-state index in [1.807, 2.05) is 18.2 Å². The van der Waals surface area contributed by atoms with E-state index in [1.165, 1.54) is 38.5 Å². The van der Waals surface area contributed by atoms with Gasteiger partial charge in [-0.05, 0) is 37.8 Å². The average Bonchev–Trinajstić information content (AvgIpc) is 2.74. The smallest absolute Gasteiger partial charge is 0.124 e. The summed E-state index contributed by atoms with van der Waals surface area (Å²) in [5, 5.41) is 4.43. The van der Waals surface area contributed by atoms with E-state index in [2.05, 4.69) is 12.2 Å². The molecule has 1 fully saturated rings. The van der Waals surface area contributed by atoms with Crippen LogP contribution in [0.3, 0.4) is 0 Å². The van der Waals surface area contributed by atoms with Crippen molar-refractivity contribution >= 4 is 11.6 Å². The molecule has 1 N–H and O–H groups in total. The Morgan fingerprint density at radius 1 is 1.25 bits per heavy atom. The summed E-state index contributed by atoms with van der Waals surface area (Å²) in [7, 11) is 1.70. The first kappa shape index (κ1) is 15.7. The minimum Gasteiger partial charge on any atom is -0.496 e. The first-order valence-corrected chi connectivity index (χ1v) is 8.15. The first-order valence-electron chi connectivity index (χ1n) is 7.77. The molecule has 0 aromatic heterocycles. The van der Waals surface area contributed by atoms with E-state index in [0.717, 1.165) is 28.8 Å². The number of hydrogen-bond donors (Lipinski definition) is 1. The van der Waals surface area contributed by atoms with E-state index in [4.69, 9.17) is 16.3 Å². The lowest BCUT2D eigenvalue weighted by Gasteiger charge is -2.24. The molecule has 1 aromatic rings. The average molecular weight is 296 g/mol. The predicted molar refractivity (Wildman–Crippen MR) is 85.5 cm³/mol. The summed E-state index contributed by atoms with van der Waals surface area (Å²) < 4.78 is 5.40. The maximum Gasteiger partial charge on any atom is 0.124 e. The molecular formula is C17H26ClNO. The Hall–Kier alpha value is -0.730. The highest BCUT2D eigenvalue weighted by Gasteiger charge is 2.19. The van der Waals surface area contributed by atoms with Gasteiger partial charge in [0, 0.05) is 23.2 Å². The van der Waals surface area contributed by atoms with Crippen molar-refractivity contribution in [3.63, 3.8) is 0 Å². The van der Waals surface area contributed by atoms with Crippen LogP contribution < -0.4 is 10.1 Å². The summed E-state index contributed by atoms with van der Waals surface area (Å²) in [6, 6.07) is 6.37. The molecule has 2 nitrogen and oxygen atoms in total. The SMILES string of the molecule is COc1cccc(Cl)c1CN[C@H](C)C1CCCCCC1. The van der Waals surface area contributed by atoms with Crippen molar-refractivity contribution in [3.8, 4) is 5.75 Å².